The van der Waals surface area contributed by atoms with Gasteiger partial charge in [0, 0.05) is 4.47 Å². The van der Waals surface area contributed by atoms with Gasteiger partial charge in [-0.15, -0.1) is 0 Å². The second-order valence-corrected chi connectivity index (χ2v) is 4.92. The van der Waals surface area contributed by atoms with Crippen molar-refractivity contribution in [2.45, 2.75) is 6.18 Å². The van der Waals surface area contributed by atoms with Crippen LogP contribution in [0.15, 0.2) is 58.1 Å². The van der Waals surface area contributed by atoms with Crippen molar-refractivity contribution < 1.29 is 13.2 Å². The first-order valence-electron chi connectivity index (χ1n) is 5.67. The lowest BCUT2D eigenvalue weighted by Gasteiger charge is -2.07. The fourth-order valence-corrected chi connectivity index (χ4v) is 1.76. The zero-order valence-electron chi connectivity index (χ0n) is 10.2. The number of nitrogens with zero attached hydrogens (tertiary/aromatic N) is 1. The van der Waals surface area contributed by atoms with Crippen LogP contribution in [0.5, 0.6) is 0 Å². The van der Waals surface area contributed by atoms with E-state index in [0.29, 0.717) is 0 Å². The van der Waals surface area contributed by atoms with Crippen LogP contribution in [0.25, 0.3) is 0 Å². The summed E-state index contributed by atoms with van der Waals surface area (Å²) in [6, 6.07) is 12.3. The Morgan fingerprint density at radius 1 is 1.05 bits per heavy atom. The van der Waals surface area contributed by atoms with Crippen LogP contribution < -0.4 is 5.43 Å². The van der Waals surface area contributed by atoms with Gasteiger partial charge in [-0.1, -0.05) is 34.1 Å². The second-order valence-electron chi connectivity index (χ2n) is 4.00. The van der Waals surface area contributed by atoms with E-state index in [2.05, 4.69) is 26.5 Å². The monoisotopic (exact) mass is 342 g/mol. The number of rotatable bonds is 3. The van der Waals surface area contributed by atoms with Crippen molar-refractivity contribution >= 4 is 27.8 Å². The molecule has 0 aliphatic carbocycles. The minimum Gasteiger partial charge on any atom is -0.278 e. The van der Waals surface area contributed by atoms with Crippen LogP contribution in [0.1, 0.15) is 11.1 Å². The molecule has 0 saturated heterocycles. The van der Waals surface area contributed by atoms with E-state index in [1.54, 1.807) is 0 Å². The predicted molar refractivity (Wildman–Crippen MR) is 76.8 cm³/mol. The molecular formula is C14H10BrF3N2. The van der Waals surface area contributed by atoms with Crippen LogP contribution in [0.2, 0.25) is 0 Å². The van der Waals surface area contributed by atoms with Crippen LogP contribution in [0.3, 0.4) is 0 Å². The molecule has 0 saturated carbocycles. The fourth-order valence-electron chi connectivity index (χ4n) is 1.50. The van der Waals surface area contributed by atoms with Gasteiger partial charge in [-0.3, -0.25) is 5.43 Å². The zero-order valence-corrected chi connectivity index (χ0v) is 11.7. The SMILES string of the molecule is FC(F)(F)c1cccc(N/N=C\c2ccc(Br)cc2)c1. The Morgan fingerprint density at radius 3 is 2.40 bits per heavy atom. The molecule has 0 amide bonds. The minimum atomic E-state index is -4.35. The maximum Gasteiger partial charge on any atom is 0.416 e. The number of nitrogens with one attached hydrogen (secondary N) is 1. The lowest BCUT2D eigenvalue weighted by Crippen LogP contribution is -2.05. The highest BCUT2D eigenvalue weighted by atomic mass is 79.9. The standard InChI is InChI=1S/C14H10BrF3N2/c15-12-6-4-10(5-7-12)9-19-20-13-3-1-2-11(8-13)14(16,17)18/h1-9,20H/b19-9-. The Bertz CT molecular complexity index is 607. The highest BCUT2D eigenvalue weighted by Crippen LogP contribution is 2.30. The van der Waals surface area contributed by atoms with Crippen LogP contribution in [-0.4, -0.2) is 6.21 Å². The first-order chi connectivity index (χ1) is 9.45. The molecule has 2 aromatic rings. The number of hydrogen-bond acceptors (Lipinski definition) is 2. The van der Waals surface area contributed by atoms with Crippen LogP contribution in [0.4, 0.5) is 18.9 Å². The van der Waals surface area contributed by atoms with Gasteiger partial charge in [0.25, 0.3) is 0 Å². The first-order valence-corrected chi connectivity index (χ1v) is 6.46. The minimum absolute atomic E-state index is 0.285. The molecule has 20 heavy (non-hydrogen) atoms. The molecule has 2 rings (SSSR count). The van der Waals surface area contributed by atoms with E-state index in [9.17, 15) is 13.2 Å². The molecule has 0 fully saturated rings. The van der Waals surface area contributed by atoms with Gasteiger partial charge < -0.3 is 0 Å². The van der Waals surface area contributed by atoms with E-state index in [1.165, 1.54) is 18.3 Å². The van der Waals surface area contributed by atoms with Crippen LogP contribution in [0, 0.1) is 0 Å². The molecule has 2 aromatic carbocycles. The van der Waals surface area contributed by atoms with Crippen molar-refractivity contribution in [2.75, 3.05) is 5.43 Å². The van der Waals surface area contributed by atoms with E-state index in [1.807, 2.05) is 24.3 Å². The lowest BCUT2D eigenvalue weighted by atomic mass is 10.2. The van der Waals surface area contributed by atoms with Gasteiger partial charge in [0.05, 0.1) is 17.5 Å². The van der Waals surface area contributed by atoms with Crippen molar-refractivity contribution in [1.29, 1.82) is 0 Å². The molecule has 0 atom stereocenters. The molecule has 0 bridgehead atoms. The Kier molecular flexibility index (Phi) is 4.44. The molecule has 0 spiro atoms. The van der Waals surface area contributed by atoms with E-state index in [-0.39, 0.29) is 5.69 Å². The molecule has 0 unspecified atom stereocenters. The van der Waals surface area contributed by atoms with Gasteiger partial charge >= 0.3 is 6.18 Å². The molecule has 0 aromatic heterocycles. The largest absolute Gasteiger partial charge is 0.416 e. The second kappa shape index (κ2) is 6.09. The Labute approximate surface area is 122 Å². The van der Waals surface area contributed by atoms with E-state index in [0.717, 1.165) is 22.2 Å². The molecule has 0 aliphatic rings. The number of halogens is 4. The molecule has 0 radical (unpaired) electrons. The molecule has 0 aliphatic heterocycles. The third-order valence-corrected chi connectivity index (χ3v) is 3.00. The number of anilines is 1. The summed E-state index contributed by atoms with van der Waals surface area (Å²) in [5.74, 6) is 0. The summed E-state index contributed by atoms with van der Waals surface area (Å²) in [6.45, 7) is 0. The van der Waals surface area contributed by atoms with Crippen molar-refractivity contribution in [3.05, 3.63) is 64.1 Å². The molecule has 1 N–H and O–H groups in total. The third-order valence-electron chi connectivity index (χ3n) is 2.47. The Hall–Kier alpha value is -1.82. The summed E-state index contributed by atoms with van der Waals surface area (Å²) in [6.07, 6.45) is -2.82. The maximum absolute atomic E-state index is 12.5. The van der Waals surface area contributed by atoms with Crippen molar-refractivity contribution in [3.8, 4) is 0 Å². The topological polar surface area (TPSA) is 24.4 Å². The average Bonchev–Trinajstić information content (AvgIpc) is 2.40. The molecule has 6 heteroatoms. The molecule has 2 nitrogen and oxygen atoms in total. The van der Waals surface area contributed by atoms with Crippen molar-refractivity contribution in [2.24, 2.45) is 5.10 Å². The third kappa shape index (κ3) is 4.09. The van der Waals surface area contributed by atoms with Gasteiger partial charge in [0.1, 0.15) is 0 Å². The quantitative estimate of drug-likeness (QED) is 0.621. The Balaban J connectivity index is 2.05. The summed E-state index contributed by atoms with van der Waals surface area (Å²) in [4.78, 5) is 0. The van der Waals surface area contributed by atoms with E-state index in [4.69, 9.17) is 0 Å². The van der Waals surface area contributed by atoms with Gasteiger partial charge in [0.15, 0.2) is 0 Å². The summed E-state index contributed by atoms with van der Waals surface area (Å²) in [7, 11) is 0. The lowest BCUT2D eigenvalue weighted by molar-refractivity contribution is -0.137. The summed E-state index contributed by atoms with van der Waals surface area (Å²) in [5.41, 5.74) is 3.00. The Morgan fingerprint density at radius 2 is 1.75 bits per heavy atom. The van der Waals surface area contributed by atoms with Crippen molar-refractivity contribution in [3.63, 3.8) is 0 Å². The van der Waals surface area contributed by atoms with Crippen LogP contribution >= 0.6 is 15.9 Å². The normalized spacial score (nSPS) is 11.8. The van der Waals surface area contributed by atoms with Gasteiger partial charge in [-0.2, -0.15) is 18.3 Å². The molecule has 104 valence electrons. The maximum atomic E-state index is 12.5. The highest BCUT2D eigenvalue weighted by molar-refractivity contribution is 9.10. The summed E-state index contributed by atoms with van der Waals surface area (Å²) in [5, 5.41) is 3.91. The molecular weight excluding hydrogens is 333 g/mol. The number of alkyl halides is 3. The number of benzene rings is 2. The smallest absolute Gasteiger partial charge is 0.278 e. The van der Waals surface area contributed by atoms with Gasteiger partial charge in [0.2, 0.25) is 0 Å². The average molecular weight is 343 g/mol. The van der Waals surface area contributed by atoms with E-state index < -0.39 is 11.7 Å². The molecule has 0 heterocycles. The number of hydrazone groups is 1. The van der Waals surface area contributed by atoms with Gasteiger partial charge in [-0.25, -0.2) is 0 Å². The predicted octanol–water partition coefficient (Wildman–Crippen LogP) is 4.91. The summed E-state index contributed by atoms with van der Waals surface area (Å²) >= 11 is 3.31. The van der Waals surface area contributed by atoms with Crippen LogP contribution in [-0.2, 0) is 6.18 Å². The highest BCUT2D eigenvalue weighted by Gasteiger charge is 2.30. The summed E-state index contributed by atoms with van der Waals surface area (Å²) < 4.78 is 38.5. The van der Waals surface area contributed by atoms with Crippen molar-refractivity contribution in [1.82, 2.24) is 0 Å². The van der Waals surface area contributed by atoms with Gasteiger partial charge in [-0.05, 0) is 35.9 Å². The zero-order chi connectivity index (χ0) is 14.6. The first kappa shape index (κ1) is 14.6. The fraction of sp³-hybridized carbons (Fsp3) is 0.0714. The number of hydrogen-bond donors (Lipinski definition) is 1. The van der Waals surface area contributed by atoms with E-state index >= 15 is 0 Å².